The lowest BCUT2D eigenvalue weighted by atomic mass is 10.2. The van der Waals surface area contributed by atoms with Crippen molar-refractivity contribution in [3.63, 3.8) is 0 Å². The molecule has 0 radical (unpaired) electrons. The van der Waals surface area contributed by atoms with Crippen LogP contribution in [-0.4, -0.2) is 23.3 Å². The van der Waals surface area contributed by atoms with Crippen LogP contribution in [0.5, 0.6) is 0 Å². The van der Waals surface area contributed by atoms with Gasteiger partial charge in [0.1, 0.15) is 0 Å². The van der Waals surface area contributed by atoms with Crippen LogP contribution in [0.2, 0.25) is 0 Å². The molecule has 5 nitrogen and oxygen atoms in total. The van der Waals surface area contributed by atoms with Crippen LogP contribution >= 0.6 is 0 Å². The standard InChI is InChI=1S/C11H14N4O/c12-9-5-8-7-13-14-10(8)6-11(9)15-3-1-2-4-16-15/h5-7H,1-4,12H2,(H,13,14). The van der Waals surface area contributed by atoms with Crippen molar-refractivity contribution in [3.05, 3.63) is 18.3 Å². The average molecular weight is 218 g/mol. The molecule has 0 bridgehead atoms. The summed E-state index contributed by atoms with van der Waals surface area (Å²) in [5.41, 5.74) is 8.66. The normalized spacial score (nSPS) is 16.9. The van der Waals surface area contributed by atoms with E-state index in [2.05, 4.69) is 10.2 Å². The van der Waals surface area contributed by atoms with E-state index < -0.39 is 0 Å². The molecule has 0 unspecified atom stereocenters. The lowest BCUT2D eigenvalue weighted by Gasteiger charge is -2.28. The Hall–Kier alpha value is -1.75. The maximum atomic E-state index is 6.01. The number of aromatic amines is 1. The molecule has 1 aromatic heterocycles. The van der Waals surface area contributed by atoms with Crippen molar-refractivity contribution < 1.29 is 4.84 Å². The number of hydrogen-bond acceptors (Lipinski definition) is 4. The fourth-order valence-corrected chi connectivity index (χ4v) is 2.00. The number of benzene rings is 1. The molecule has 1 aliphatic heterocycles. The van der Waals surface area contributed by atoms with Gasteiger partial charge >= 0.3 is 0 Å². The first-order valence-corrected chi connectivity index (χ1v) is 5.47. The highest BCUT2D eigenvalue weighted by atomic mass is 16.7. The van der Waals surface area contributed by atoms with Gasteiger partial charge in [0.25, 0.3) is 0 Å². The molecule has 0 saturated carbocycles. The van der Waals surface area contributed by atoms with E-state index in [9.17, 15) is 0 Å². The third kappa shape index (κ3) is 1.49. The van der Waals surface area contributed by atoms with E-state index in [1.54, 1.807) is 6.20 Å². The van der Waals surface area contributed by atoms with E-state index in [0.717, 1.165) is 48.3 Å². The molecule has 0 amide bonds. The van der Waals surface area contributed by atoms with E-state index in [4.69, 9.17) is 10.6 Å². The van der Waals surface area contributed by atoms with E-state index in [0.29, 0.717) is 0 Å². The van der Waals surface area contributed by atoms with Gasteiger partial charge in [-0.05, 0) is 25.0 Å². The predicted octanol–water partition coefficient (Wildman–Crippen LogP) is 1.68. The molecule has 3 rings (SSSR count). The van der Waals surface area contributed by atoms with Crippen LogP contribution in [0.25, 0.3) is 10.9 Å². The molecule has 16 heavy (non-hydrogen) atoms. The minimum Gasteiger partial charge on any atom is -0.397 e. The molecule has 2 aromatic rings. The Bertz CT molecular complexity index is 502. The fraction of sp³-hybridized carbons (Fsp3) is 0.364. The monoisotopic (exact) mass is 218 g/mol. The van der Waals surface area contributed by atoms with Gasteiger partial charge in [0.05, 0.1) is 29.7 Å². The summed E-state index contributed by atoms with van der Waals surface area (Å²) in [5, 5.41) is 9.83. The van der Waals surface area contributed by atoms with Crippen molar-refractivity contribution in [1.29, 1.82) is 0 Å². The molecule has 3 N–H and O–H groups in total. The van der Waals surface area contributed by atoms with E-state index in [1.807, 2.05) is 17.2 Å². The summed E-state index contributed by atoms with van der Waals surface area (Å²) >= 11 is 0. The van der Waals surface area contributed by atoms with Crippen molar-refractivity contribution >= 4 is 22.3 Å². The Morgan fingerprint density at radius 3 is 3.12 bits per heavy atom. The number of nitrogen functional groups attached to an aromatic ring is 1. The highest BCUT2D eigenvalue weighted by Crippen LogP contribution is 2.29. The molecule has 1 aliphatic rings. The molecule has 0 aliphatic carbocycles. The summed E-state index contributed by atoms with van der Waals surface area (Å²) < 4.78 is 0. The number of H-pyrrole nitrogens is 1. The fourth-order valence-electron chi connectivity index (χ4n) is 2.00. The molecule has 84 valence electrons. The maximum absolute atomic E-state index is 6.01. The minimum atomic E-state index is 0.732. The predicted molar refractivity (Wildman–Crippen MR) is 63.0 cm³/mol. The molecule has 5 heteroatoms. The van der Waals surface area contributed by atoms with Gasteiger partial charge in [-0.25, -0.2) is 0 Å². The number of hydroxylamine groups is 1. The van der Waals surface area contributed by atoms with Crippen molar-refractivity contribution in [2.75, 3.05) is 23.9 Å². The molecule has 0 spiro atoms. The minimum absolute atomic E-state index is 0.732. The Kier molecular flexibility index (Phi) is 2.18. The Morgan fingerprint density at radius 2 is 2.31 bits per heavy atom. The number of hydrogen-bond donors (Lipinski definition) is 2. The number of rotatable bonds is 1. The molecule has 1 saturated heterocycles. The third-order valence-electron chi connectivity index (χ3n) is 2.86. The van der Waals surface area contributed by atoms with E-state index in [-0.39, 0.29) is 0 Å². The second-order valence-electron chi connectivity index (χ2n) is 4.01. The van der Waals surface area contributed by atoms with Crippen LogP contribution in [0.3, 0.4) is 0 Å². The molecular formula is C11H14N4O. The molecule has 0 atom stereocenters. The van der Waals surface area contributed by atoms with E-state index >= 15 is 0 Å². The zero-order chi connectivity index (χ0) is 11.0. The number of aromatic nitrogens is 2. The largest absolute Gasteiger partial charge is 0.397 e. The molecule has 2 heterocycles. The zero-order valence-electron chi connectivity index (χ0n) is 8.94. The van der Waals surface area contributed by atoms with Gasteiger partial charge in [0.2, 0.25) is 0 Å². The Morgan fingerprint density at radius 1 is 1.38 bits per heavy atom. The zero-order valence-corrected chi connectivity index (χ0v) is 8.94. The molecule has 1 aromatic carbocycles. The SMILES string of the molecule is Nc1cc2cn[nH]c2cc1N1CCCCO1. The molecular weight excluding hydrogens is 204 g/mol. The lowest BCUT2D eigenvalue weighted by molar-refractivity contribution is 0.0782. The lowest BCUT2D eigenvalue weighted by Crippen LogP contribution is -2.30. The van der Waals surface area contributed by atoms with Crippen molar-refractivity contribution in [1.82, 2.24) is 10.2 Å². The number of anilines is 2. The Balaban J connectivity index is 2.03. The number of nitrogens with two attached hydrogens (primary N) is 1. The van der Waals surface area contributed by atoms with Gasteiger partial charge in [0.15, 0.2) is 0 Å². The quantitative estimate of drug-likeness (QED) is 0.714. The summed E-state index contributed by atoms with van der Waals surface area (Å²) in [6.07, 6.45) is 4.02. The van der Waals surface area contributed by atoms with Crippen molar-refractivity contribution in [2.24, 2.45) is 0 Å². The summed E-state index contributed by atoms with van der Waals surface area (Å²) in [6.45, 7) is 1.66. The van der Waals surface area contributed by atoms with Gasteiger partial charge in [-0.1, -0.05) is 0 Å². The van der Waals surface area contributed by atoms with E-state index in [1.165, 1.54) is 0 Å². The van der Waals surface area contributed by atoms with Gasteiger partial charge in [0, 0.05) is 11.9 Å². The average Bonchev–Trinajstić information content (AvgIpc) is 2.76. The third-order valence-corrected chi connectivity index (χ3v) is 2.86. The van der Waals surface area contributed by atoms with Gasteiger partial charge in [-0.15, -0.1) is 0 Å². The van der Waals surface area contributed by atoms with Gasteiger partial charge in [-0.3, -0.25) is 15.0 Å². The van der Waals surface area contributed by atoms with Crippen LogP contribution < -0.4 is 10.8 Å². The second-order valence-corrected chi connectivity index (χ2v) is 4.01. The summed E-state index contributed by atoms with van der Waals surface area (Å²) in [6, 6.07) is 3.91. The van der Waals surface area contributed by atoms with Crippen LogP contribution in [0.1, 0.15) is 12.8 Å². The highest BCUT2D eigenvalue weighted by molar-refractivity contribution is 5.88. The van der Waals surface area contributed by atoms with Crippen LogP contribution in [0, 0.1) is 0 Å². The molecule has 1 fully saturated rings. The summed E-state index contributed by atoms with van der Waals surface area (Å²) in [4.78, 5) is 5.59. The first-order valence-electron chi connectivity index (χ1n) is 5.47. The van der Waals surface area contributed by atoms with Gasteiger partial charge < -0.3 is 5.73 Å². The van der Waals surface area contributed by atoms with Crippen molar-refractivity contribution in [2.45, 2.75) is 12.8 Å². The summed E-state index contributed by atoms with van der Waals surface area (Å²) in [7, 11) is 0. The highest BCUT2D eigenvalue weighted by Gasteiger charge is 2.15. The first kappa shape index (κ1) is 9.47. The van der Waals surface area contributed by atoms with Crippen LogP contribution in [-0.2, 0) is 4.84 Å². The number of fused-ring (bicyclic) bond motifs is 1. The number of nitrogens with one attached hydrogen (secondary N) is 1. The van der Waals surface area contributed by atoms with Gasteiger partial charge in [-0.2, -0.15) is 5.10 Å². The first-order chi connectivity index (χ1) is 7.84. The number of nitrogens with zero attached hydrogens (tertiary/aromatic N) is 2. The van der Waals surface area contributed by atoms with Crippen molar-refractivity contribution in [3.8, 4) is 0 Å². The topological polar surface area (TPSA) is 67.2 Å². The van der Waals surface area contributed by atoms with Crippen LogP contribution in [0.4, 0.5) is 11.4 Å². The maximum Gasteiger partial charge on any atom is 0.0887 e. The smallest absolute Gasteiger partial charge is 0.0887 e. The second kappa shape index (κ2) is 3.68. The van der Waals surface area contributed by atoms with Crippen LogP contribution in [0.15, 0.2) is 18.3 Å². The summed E-state index contributed by atoms with van der Waals surface area (Å²) in [5.74, 6) is 0. The Labute approximate surface area is 93.1 Å².